The summed E-state index contributed by atoms with van der Waals surface area (Å²) in [6, 6.07) is 5.87. The predicted molar refractivity (Wildman–Crippen MR) is 99.3 cm³/mol. The van der Waals surface area contributed by atoms with E-state index in [4.69, 9.17) is 11.6 Å². The topological polar surface area (TPSA) is 40.6 Å². The molecule has 2 aliphatic rings. The SMILES string of the molecule is Cc1cc(I)ccc1N1C(=O)C(Cl)=C(N2CCCCC2C)C1=O. The van der Waals surface area contributed by atoms with Crippen molar-refractivity contribution >= 4 is 51.7 Å². The molecular weight excluding hydrogens is 427 g/mol. The van der Waals surface area contributed by atoms with Crippen molar-refractivity contribution in [1.29, 1.82) is 0 Å². The van der Waals surface area contributed by atoms with Crippen molar-refractivity contribution < 1.29 is 9.59 Å². The van der Waals surface area contributed by atoms with Crippen LogP contribution in [0.3, 0.4) is 0 Å². The second-order valence-corrected chi connectivity index (χ2v) is 7.70. The standard InChI is InChI=1S/C17H18ClIN2O2/c1-10-9-12(19)6-7-13(10)21-16(22)14(18)15(17(21)23)20-8-4-3-5-11(20)2/h6-7,9,11H,3-5,8H2,1-2H3. The highest BCUT2D eigenvalue weighted by Gasteiger charge is 2.43. The fraction of sp³-hybridized carbons (Fsp3) is 0.412. The van der Waals surface area contributed by atoms with Crippen molar-refractivity contribution in [3.8, 4) is 0 Å². The zero-order valence-corrected chi connectivity index (χ0v) is 16.0. The molecule has 6 heteroatoms. The first-order valence-corrected chi connectivity index (χ1v) is 9.19. The van der Waals surface area contributed by atoms with Crippen molar-refractivity contribution in [2.75, 3.05) is 11.4 Å². The lowest BCUT2D eigenvalue weighted by Gasteiger charge is -2.35. The molecule has 2 heterocycles. The normalized spacial score (nSPS) is 22.3. The lowest BCUT2D eigenvalue weighted by atomic mass is 10.0. The Hall–Kier alpha value is -1.08. The maximum atomic E-state index is 12.9. The van der Waals surface area contributed by atoms with E-state index < -0.39 is 5.91 Å². The molecule has 0 bridgehead atoms. The van der Waals surface area contributed by atoms with Crippen LogP contribution in [0.5, 0.6) is 0 Å². The van der Waals surface area contributed by atoms with Crippen LogP contribution in [0, 0.1) is 10.5 Å². The quantitative estimate of drug-likeness (QED) is 0.515. The Balaban J connectivity index is 1.98. The van der Waals surface area contributed by atoms with Gasteiger partial charge in [-0.3, -0.25) is 9.59 Å². The van der Waals surface area contributed by atoms with Gasteiger partial charge in [-0.25, -0.2) is 4.90 Å². The third-order valence-corrected chi connectivity index (χ3v) is 5.51. The van der Waals surface area contributed by atoms with Crippen LogP contribution in [-0.2, 0) is 9.59 Å². The summed E-state index contributed by atoms with van der Waals surface area (Å²) in [5, 5.41) is 0.0432. The van der Waals surface area contributed by atoms with Gasteiger partial charge in [0.05, 0.1) is 5.69 Å². The first kappa shape index (κ1) is 16.8. The summed E-state index contributed by atoms with van der Waals surface area (Å²) in [5.74, 6) is -0.730. The highest BCUT2D eigenvalue weighted by atomic mass is 127. The van der Waals surface area contributed by atoms with Crippen LogP contribution in [0.1, 0.15) is 31.7 Å². The molecule has 0 spiro atoms. The smallest absolute Gasteiger partial charge is 0.283 e. The molecule has 122 valence electrons. The summed E-state index contributed by atoms with van der Waals surface area (Å²) < 4.78 is 1.06. The van der Waals surface area contributed by atoms with Gasteiger partial charge in [-0.15, -0.1) is 0 Å². The molecule has 2 amide bonds. The summed E-state index contributed by atoms with van der Waals surface area (Å²) in [4.78, 5) is 28.7. The summed E-state index contributed by atoms with van der Waals surface area (Å²) in [6.45, 7) is 4.74. The Bertz CT molecular complexity index is 717. The molecule has 1 atom stereocenters. The fourth-order valence-electron chi connectivity index (χ4n) is 3.26. The van der Waals surface area contributed by atoms with Gasteiger partial charge < -0.3 is 4.90 Å². The molecule has 0 N–H and O–H groups in total. The fourth-order valence-corrected chi connectivity index (χ4v) is 4.18. The number of anilines is 1. The van der Waals surface area contributed by atoms with Crippen LogP contribution in [0.4, 0.5) is 5.69 Å². The van der Waals surface area contributed by atoms with Crippen LogP contribution in [0.15, 0.2) is 28.9 Å². The van der Waals surface area contributed by atoms with Crippen LogP contribution in [-0.4, -0.2) is 29.3 Å². The van der Waals surface area contributed by atoms with Crippen LogP contribution < -0.4 is 4.90 Å². The minimum atomic E-state index is -0.422. The maximum absolute atomic E-state index is 12.9. The molecule has 2 aliphatic heterocycles. The Morgan fingerprint density at radius 2 is 1.96 bits per heavy atom. The molecule has 0 radical (unpaired) electrons. The Morgan fingerprint density at radius 1 is 1.22 bits per heavy atom. The number of carbonyl (C=O) groups excluding carboxylic acids is 2. The number of carbonyl (C=O) groups is 2. The van der Waals surface area contributed by atoms with Gasteiger partial charge >= 0.3 is 0 Å². The number of imide groups is 1. The molecule has 1 saturated heterocycles. The van der Waals surface area contributed by atoms with E-state index in [1.165, 1.54) is 4.90 Å². The van der Waals surface area contributed by atoms with Crippen LogP contribution in [0.2, 0.25) is 0 Å². The minimum Gasteiger partial charge on any atom is -0.363 e. The predicted octanol–water partition coefficient (Wildman–Crippen LogP) is 3.80. The molecule has 23 heavy (non-hydrogen) atoms. The van der Waals surface area contributed by atoms with E-state index in [0.29, 0.717) is 11.4 Å². The van der Waals surface area contributed by atoms with E-state index in [2.05, 4.69) is 29.5 Å². The largest absolute Gasteiger partial charge is 0.363 e. The van der Waals surface area contributed by atoms with Crippen molar-refractivity contribution in [3.05, 3.63) is 38.1 Å². The molecule has 1 unspecified atom stereocenters. The molecule has 1 fully saturated rings. The van der Waals surface area contributed by atoms with Crippen molar-refractivity contribution in [2.24, 2.45) is 0 Å². The van der Waals surface area contributed by atoms with Gasteiger partial charge in [-0.2, -0.15) is 0 Å². The number of aryl methyl sites for hydroxylation is 1. The van der Waals surface area contributed by atoms with E-state index in [9.17, 15) is 9.59 Å². The second-order valence-electron chi connectivity index (χ2n) is 6.08. The van der Waals surface area contributed by atoms with Crippen LogP contribution in [0.25, 0.3) is 0 Å². The number of nitrogens with zero attached hydrogens (tertiary/aromatic N) is 2. The average Bonchev–Trinajstić information content (AvgIpc) is 2.71. The monoisotopic (exact) mass is 444 g/mol. The minimum absolute atomic E-state index is 0.0432. The maximum Gasteiger partial charge on any atom is 0.283 e. The Labute approximate surface area is 154 Å². The number of rotatable bonds is 2. The number of amides is 2. The zero-order chi connectivity index (χ0) is 16.7. The van der Waals surface area contributed by atoms with E-state index >= 15 is 0 Å². The average molecular weight is 445 g/mol. The summed E-state index contributed by atoms with van der Waals surface area (Å²) in [7, 11) is 0. The van der Waals surface area contributed by atoms with E-state index in [0.717, 1.165) is 34.9 Å². The Kier molecular flexibility index (Phi) is 4.69. The molecule has 1 aromatic carbocycles. The van der Waals surface area contributed by atoms with E-state index in [1.807, 2.05) is 24.0 Å². The van der Waals surface area contributed by atoms with Gasteiger partial charge in [0, 0.05) is 16.2 Å². The summed E-state index contributed by atoms with van der Waals surface area (Å²) in [5.41, 5.74) is 1.86. The van der Waals surface area contributed by atoms with Crippen molar-refractivity contribution in [1.82, 2.24) is 4.90 Å². The van der Waals surface area contributed by atoms with Gasteiger partial charge in [0.2, 0.25) is 0 Å². The summed E-state index contributed by atoms with van der Waals surface area (Å²) in [6.07, 6.45) is 3.17. The highest BCUT2D eigenvalue weighted by Crippen LogP contribution is 2.35. The van der Waals surface area contributed by atoms with Crippen LogP contribution >= 0.6 is 34.2 Å². The van der Waals surface area contributed by atoms with Gasteiger partial charge in [0.15, 0.2) is 0 Å². The van der Waals surface area contributed by atoms with Gasteiger partial charge in [-0.1, -0.05) is 11.6 Å². The van der Waals surface area contributed by atoms with Gasteiger partial charge in [0.1, 0.15) is 10.7 Å². The number of hydrogen-bond donors (Lipinski definition) is 0. The van der Waals surface area contributed by atoms with E-state index in [-0.39, 0.29) is 17.0 Å². The zero-order valence-electron chi connectivity index (χ0n) is 13.1. The first-order valence-electron chi connectivity index (χ1n) is 7.73. The lowest BCUT2D eigenvalue weighted by Crippen LogP contribution is -2.41. The number of piperidine rings is 1. The number of hydrogen-bond acceptors (Lipinski definition) is 3. The Morgan fingerprint density at radius 3 is 2.61 bits per heavy atom. The lowest BCUT2D eigenvalue weighted by molar-refractivity contribution is -0.121. The van der Waals surface area contributed by atoms with E-state index in [1.54, 1.807) is 6.07 Å². The summed E-state index contributed by atoms with van der Waals surface area (Å²) >= 11 is 8.48. The third-order valence-electron chi connectivity index (χ3n) is 4.49. The van der Waals surface area contributed by atoms with Crippen molar-refractivity contribution in [3.63, 3.8) is 0 Å². The van der Waals surface area contributed by atoms with Gasteiger partial charge in [0.25, 0.3) is 11.8 Å². The molecular formula is C17H18ClIN2O2. The molecule has 1 aromatic rings. The number of halogens is 2. The van der Waals surface area contributed by atoms with Gasteiger partial charge in [-0.05, 0) is 79.5 Å². The molecule has 0 aliphatic carbocycles. The highest BCUT2D eigenvalue weighted by molar-refractivity contribution is 14.1. The van der Waals surface area contributed by atoms with Crippen molar-refractivity contribution in [2.45, 2.75) is 39.2 Å². The third kappa shape index (κ3) is 2.89. The molecule has 4 nitrogen and oxygen atoms in total. The number of likely N-dealkylation sites (tertiary alicyclic amines) is 1. The first-order chi connectivity index (χ1) is 10.9. The number of benzene rings is 1. The molecule has 0 saturated carbocycles. The second kappa shape index (κ2) is 6.43. The molecule has 0 aromatic heterocycles. The molecule has 3 rings (SSSR count).